The van der Waals surface area contributed by atoms with Gasteiger partial charge in [-0.05, 0) is 31.1 Å². The summed E-state index contributed by atoms with van der Waals surface area (Å²) >= 11 is 0. The maximum atomic E-state index is 8.39. The molecule has 0 aromatic rings. The lowest BCUT2D eigenvalue weighted by molar-refractivity contribution is 0.209. The van der Waals surface area contributed by atoms with Gasteiger partial charge in [0.15, 0.2) is 0 Å². The molecule has 12 heavy (non-hydrogen) atoms. The third-order valence-electron chi connectivity index (χ3n) is 2.81. The molecule has 0 saturated heterocycles. The zero-order valence-electron chi connectivity index (χ0n) is 8.06. The molecule has 0 aliphatic heterocycles. The van der Waals surface area contributed by atoms with Crippen molar-refractivity contribution in [3.05, 3.63) is 0 Å². The molecule has 68 valence electrons. The second kappa shape index (κ2) is 3.91. The first-order chi connectivity index (χ1) is 5.64. The monoisotopic (exact) mass is 166 g/mol. The molecule has 1 rings (SSSR count). The summed E-state index contributed by atoms with van der Waals surface area (Å²) in [7, 11) is 0. The Morgan fingerprint density at radius 1 is 1.42 bits per heavy atom. The molecule has 1 aliphatic rings. The Morgan fingerprint density at radius 2 is 2.00 bits per heavy atom. The van der Waals surface area contributed by atoms with Crippen LogP contribution >= 0.6 is 0 Å². The van der Waals surface area contributed by atoms with E-state index in [0.29, 0.717) is 18.0 Å². The van der Waals surface area contributed by atoms with E-state index in [4.69, 9.17) is 5.26 Å². The van der Waals surface area contributed by atoms with E-state index < -0.39 is 0 Å². The van der Waals surface area contributed by atoms with Gasteiger partial charge in [0.1, 0.15) is 0 Å². The van der Waals surface area contributed by atoms with Crippen LogP contribution < -0.4 is 5.32 Å². The van der Waals surface area contributed by atoms with Gasteiger partial charge in [0, 0.05) is 6.04 Å². The standard InChI is InChI=1S/C10H18N2/c1-10(2)5-3-9(4-6-10)12-8-7-11/h9,12H,3-6,8H2,1-2H3. The zero-order chi connectivity index (χ0) is 9.03. The lowest BCUT2D eigenvalue weighted by Gasteiger charge is -2.34. The van der Waals surface area contributed by atoms with Crippen LogP contribution in [0.3, 0.4) is 0 Å². The van der Waals surface area contributed by atoms with Crippen molar-refractivity contribution in [1.82, 2.24) is 5.32 Å². The van der Waals surface area contributed by atoms with Crippen molar-refractivity contribution >= 4 is 0 Å². The number of nitrogens with zero attached hydrogens (tertiary/aromatic N) is 1. The fourth-order valence-corrected chi connectivity index (χ4v) is 1.79. The van der Waals surface area contributed by atoms with Crippen molar-refractivity contribution in [2.45, 2.75) is 45.6 Å². The minimum absolute atomic E-state index is 0.505. The molecule has 1 N–H and O–H groups in total. The fourth-order valence-electron chi connectivity index (χ4n) is 1.79. The van der Waals surface area contributed by atoms with Crippen molar-refractivity contribution in [2.75, 3.05) is 6.54 Å². The van der Waals surface area contributed by atoms with Crippen LogP contribution in [0.25, 0.3) is 0 Å². The summed E-state index contributed by atoms with van der Waals surface area (Å²) in [4.78, 5) is 0. The maximum Gasteiger partial charge on any atom is 0.0843 e. The lowest BCUT2D eigenvalue weighted by Crippen LogP contribution is -2.35. The van der Waals surface area contributed by atoms with E-state index in [0.717, 1.165) is 0 Å². The van der Waals surface area contributed by atoms with Crippen molar-refractivity contribution in [3.8, 4) is 6.07 Å². The molecule has 0 aromatic heterocycles. The minimum atomic E-state index is 0.505. The Hall–Kier alpha value is -0.550. The van der Waals surface area contributed by atoms with Crippen LogP contribution in [0.1, 0.15) is 39.5 Å². The topological polar surface area (TPSA) is 35.8 Å². The molecular weight excluding hydrogens is 148 g/mol. The van der Waals surface area contributed by atoms with Gasteiger partial charge in [-0.3, -0.25) is 0 Å². The largest absolute Gasteiger partial charge is 0.302 e. The summed E-state index contributed by atoms with van der Waals surface area (Å²) in [5, 5.41) is 11.6. The third-order valence-corrected chi connectivity index (χ3v) is 2.81. The highest BCUT2D eigenvalue weighted by atomic mass is 14.9. The van der Waals surface area contributed by atoms with Crippen LogP contribution in [-0.4, -0.2) is 12.6 Å². The molecule has 1 fully saturated rings. The Morgan fingerprint density at radius 3 is 2.50 bits per heavy atom. The second-order valence-corrected chi connectivity index (χ2v) is 4.48. The molecule has 0 bridgehead atoms. The van der Waals surface area contributed by atoms with Crippen LogP contribution in [-0.2, 0) is 0 Å². The predicted octanol–water partition coefficient (Wildman–Crippen LogP) is 2.07. The molecule has 1 aliphatic carbocycles. The van der Waals surface area contributed by atoms with Gasteiger partial charge < -0.3 is 5.32 Å². The molecule has 0 unspecified atom stereocenters. The average Bonchev–Trinajstić information content (AvgIpc) is 2.03. The number of hydrogen-bond acceptors (Lipinski definition) is 2. The van der Waals surface area contributed by atoms with Crippen LogP contribution in [0.4, 0.5) is 0 Å². The first kappa shape index (κ1) is 9.54. The molecule has 0 aromatic carbocycles. The van der Waals surface area contributed by atoms with Gasteiger partial charge in [0.05, 0.1) is 12.6 Å². The van der Waals surface area contributed by atoms with Crippen LogP contribution in [0.15, 0.2) is 0 Å². The first-order valence-electron chi connectivity index (χ1n) is 4.74. The van der Waals surface area contributed by atoms with Crippen molar-refractivity contribution in [3.63, 3.8) is 0 Å². The maximum absolute atomic E-state index is 8.39. The van der Waals surface area contributed by atoms with E-state index in [1.54, 1.807) is 0 Å². The lowest BCUT2D eigenvalue weighted by atomic mass is 9.75. The van der Waals surface area contributed by atoms with E-state index in [2.05, 4.69) is 25.2 Å². The Bertz CT molecular complexity index is 169. The Labute approximate surface area is 75.0 Å². The van der Waals surface area contributed by atoms with Crippen LogP contribution in [0.2, 0.25) is 0 Å². The van der Waals surface area contributed by atoms with Crippen molar-refractivity contribution < 1.29 is 0 Å². The zero-order valence-corrected chi connectivity index (χ0v) is 8.06. The Balaban J connectivity index is 2.23. The summed E-state index contributed by atoms with van der Waals surface area (Å²) in [5.41, 5.74) is 0.533. The second-order valence-electron chi connectivity index (χ2n) is 4.48. The summed E-state index contributed by atoms with van der Waals surface area (Å²) in [6.45, 7) is 5.16. The smallest absolute Gasteiger partial charge is 0.0843 e. The van der Waals surface area contributed by atoms with Crippen LogP contribution in [0.5, 0.6) is 0 Å². The van der Waals surface area contributed by atoms with Gasteiger partial charge in [-0.25, -0.2) is 0 Å². The predicted molar refractivity (Wildman–Crippen MR) is 49.7 cm³/mol. The SMILES string of the molecule is CC1(C)CCC(NCC#N)CC1. The fraction of sp³-hybridized carbons (Fsp3) is 0.900. The summed E-state index contributed by atoms with van der Waals surface area (Å²) in [6, 6.07) is 2.72. The molecule has 1 saturated carbocycles. The van der Waals surface area contributed by atoms with Gasteiger partial charge in [-0.1, -0.05) is 13.8 Å². The highest BCUT2D eigenvalue weighted by molar-refractivity contribution is 4.84. The van der Waals surface area contributed by atoms with Gasteiger partial charge >= 0.3 is 0 Å². The summed E-state index contributed by atoms with van der Waals surface area (Å²) in [6.07, 6.45) is 5.04. The molecule has 2 heteroatoms. The van der Waals surface area contributed by atoms with Gasteiger partial charge in [-0.2, -0.15) is 5.26 Å². The molecule has 0 amide bonds. The highest BCUT2D eigenvalue weighted by Gasteiger charge is 2.25. The third kappa shape index (κ3) is 2.83. The van der Waals surface area contributed by atoms with Gasteiger partial charge in [0.2, 0.25) is 0 Å². The van der Waals surface area contributed by atoms with Gasteiger partial charge in [-0.15, -0.1) is 0 Å². The number of nitrogens with one attached hydrogen (secondary N) is 1. The van der Waals surface area contributed by atoms with Crippen molar-refractivity contribution in [1.29, 1.82) is 5.26 Å². The molecule has 0 atom stereocenters. The van der Waals surface area contributed by atoms with Crippen molar-refractivity contribution in [2.24, 2.45) is 5.41 Å². The highest BCUT2D eigenvalue weighted by Crippen LogP contribution is 2.34. The average molecular weight is 166 g/mol. The van der Waals surface area contributed by atoms with Gasteiger partial charge in [0.25, 0.3) is 0 Å². The minimum Gasteiger partial charge on any atom is -0.302 e. The normalized spacial score (nSPS) is 23.4. The van der Waals surface area contributed by atoms with E-state index in [9.17, 15) is 0 Å². The summed E-state index contributed by atoms with van der Waals surface area (Å²) in [5.74, 6) is 0. The van der Waals surface area contributed by atoms with E-state index in [-0.39, 0.29) is 0 Å². The molecular formula is C10H18N2. The number of nitriles is 1. The van der Waals surface area contributed by atoms with Crippen LogP contribution in [0, 0.1) is 16.7 Å². The summed E-state index contributed by atoms with van der Waals surface area (Å²) < 4.78 is 0. The van der Waals surface area contributed by atoms with E-state index in [1.807, 2.05) is 0 Å². The molecule has 0 heterocycles. The molecule has 2 nitrogen and oxygen atoms in total. The Kier molecular flexibility index (Phi) is 3.11. The quantitative estimate of drug-likeness (QED) is 0.637. The number of rotatable bonds is 2. The first-order valence-corrected chi connectivity index (χ1v) is 4.74. The molecule has 0 radical (unpaired) electrons. The molecule has 0 spiro atoms. The van der Waals surface area contributed by atoms with E-state index >= 15 is 0 Å². The van der Waals surface area contributed by atoms with E-state index in [1.165, 1.54) is 25.7 Å². The number of hydrogen-bond donors (Lipinski definition) is 1.